The quantitative estimate of drug-likeness (QED) is 0.777. The van der Waals surface area contributed by atoms with Crippen molar-refractivity contribution >= 4 is 29.2 Å². The van der Waals surface area contributed by atoms with Crippen LogP contribution in [-0.2, 0) is 9.59 Å². The van der Waals surface area contributed by atoms with Crippen LogP contribution in [-0.4, -0.2) is 36.9 Å². The van der Waals surface area contributed by atoms with E-state index in [1.807, 2.05) is 6.07 Å². The maximum Gasteiger partial charge on any atom is 0.246 e. The first-order valence-electron chi connectivity index (χ1n) is 9.22. The highest BCUT2D eigenvalue weighted by Crippen LogP contribution is 2.24. The van der Waals surface area contributed by atoms with Crippen LogP contribution in [0, 0.1) is 17.6 Å². The Morgan fingerprint density at radius 1 is 1.17 bits per heavy atom. The lowest BCUT2D eigenvalue weighted by Gasteiger charge is -2.32. The Morgan fingerprint density at radius 2 is 1.90 bits per heavy atom. The SMILES string of the molecule is CNC(=O)C(NC(=O)C1CCN(c2ccc(Cl)cn2)CC1)c1ccc(F)c(F)c1. The average molecular weight is 423 g/mol. The predicted molar refractivity (Wildman–Crippen MR) is 105 cm³/mol. The number of hydrogen-bond donors (Lipinski definition) is 2. The zero-order chi connectivity index (χ0) is 21.0. The molecule has 1 saturated heterocycles. The highest BCUT2D eigenvalue weighted by atomic mass is 35.5. The summed E-state index contributed by atoms with van der Waals surface area (Å²) < 4.78 is 26.8. The van der Waals surface area contributed by atoms with E-state index in [0.29, 0.717) is 31.0 Å². The molecule has 1 aromatic heterocycles. The Balaban J connectivity index is 1.65. The Hall–Kier alpha value is -2.74. The van der Waals surface area contributed by atoms with E-state index < -0.39 is 23.6 Å². The molecule has 0 saturated carbocycles. The number of pyridine rings is 1. The minimum absolute atomic E-state index is 0.180. The molecule has 29 heavy (non-hydrogen) atoms. The zero-order valence-electron chi connectivity index (χ0n) is 15.8. The number of benzene rings is 1. The summed E-state index contributed by atoms with van der Waals surface area (Å²) in [5.41, 5.74) is 0.180. The van der Waals surface area contributed by atoms with Crippen molar-refractivity contribution in [1.82, 2.24) is 15.6 Å². The second-order valence-electron chi connectivity index (χ2n) is 6.83. The van der Waals surface area contributed by atoms with Crippen molar-refractivity contribution in [3.8, 4) is 0 Å². The molecule has 0 spiro atoms. The lowest BCUT2D eigenvalue weighted by atomic mass is 9.94. The third-order valence-corrected chi connectivity index (χ3v) is 5.20. The highest BCUT2D eigenvalue weighted by Gasteiger charge is 2.30. The predicted octanol–water partition coefficient (Wildman–Crippen LogP) is 2.83. The molecule has 6 nitrogen and oxygen atoms in total. The zero-order valence-corrected chi connectivity index (χ0v) is 16.5. The normalized spacial score (nSPS) is 15.7. The molecule has 3 rings (SSSR count). The highest BCUT2D eigenvalue weighted by molar-refractivity contribution is 6.30. The first kappa shape index (κ1) is 21.0. The molecule has 2 aromatic rings. The molecular formula is C20H21ClF2N4O2. The first-order chi connectivity index (χ1) is 13.9. The summed E-state index contributed by atoms with van der Waals surface area (Å²) in [6.45, 7) is 1.26. The van der Waals surface area contributed by atoms with E-state index in [1.54, 1.807) is 12.3 Å². The fourth-order valence-electron chi connectivity index (χ4n) is 3.32. The smallest absolute Gasteiger partial charge is 0.246 e. The second kappa shape index (κ2) is 9.17. The molecule has 154 valence electrons. The molecule has 1 aliphatic rings. The number of amides is 2. The van der Waals surface area contributed by atoms with E-state index >= 15 is 0 Å². The number of halogens is 3. The number of rotatable bonds is 5. The number of nitrogens with zero attached hydrogens (tertiary/aromatic N) is 2. The van der Waals surface area contributed by atoms with Gasteiger partial charge in [0.25, 0.3) is 0 Å². The van der Waals surface area contributed by atoms with Gasteiger partial charge in [-0.15, -0.1) is 0 Å². The number of carbonyl (C=O) groups excluding carboxylic acids is 2. The van der Waals surface area contributed by atoms with Gasteiger partial charge in [0.2, 0.25) is 11.8 Å². The Labute approximate surface area is 172 Å². The molecule has 0 radical (unpaired) electrons. The number of likely N-dealkylation sites (N-methyl/N-ethyl adjacent to an activating group) is 1. The molecule has 1 atom stereocenters. The summed E-state index contributed by atoms with van der Waals surface area (Å²) in [6, 6.07) is 5.63. The van der Waals surface area contributed by atoms with E-state index in [-0.39, 0.29) is 17.4 Å². The maximum atomic E-state index is 13.6. The summed E-state index contributed by atoms with van der Waals surface area (Å²) in [6.07, 6.45) is 2.73. The third-order valence-electron chi connectivity index (χ3n) is 4.97. The van der Waals surface area contributed by atoms with Crippen molar-refractivity contribution in [2.45, 2.75) is 18.9 Å². The summed E-state index contributed by atoms with van der Waals surface area (Å²) in [4.78, 5) is 31.3. The van der Waals surface area contributed by atoms with Crippen LogP contribution in [0.3, 0.4) is 0 Å². The topological polar surface area (TPSA) is 74.3 Å². The number of aromatic nitrogens is 1. The van der Waals surface area contributed by atoms with Crippen molar-refractivity contribution in [1.29, 1.82) is 0 Å². The molecule has 1 unspecified atom stereocenters. The third kappa shape index (κ3) is 5.00. The van der Waals surface area contributed by atoms with Crippen molar-refractivity contribution < 1.29 is 18.4 Å². The minimum atomic E-state index is -1.10. The van der Waals surface area contributed by atoms with Crippen molar-refractivity contribution in [3.63, 3.8) is 0 Å². The molecule has 0 bridgehead atoms. The number of hydrogen-bond acceptors (Lipinski definition) is 4. The lowest BCUT2D eigenvalue weighted by Crippen LogP contribution is -2.45. The van der Waals surface area contributed by atoms with E-state index in [9.17, 15) is 18.4 Å². The molecule has 2 amide bonds. The van der Waals surface area contributed by atoms with Gasteiger partial charge < -0.3 is 15.5 Å². The average Bonchev–Trinajstić information content (AvgIpc) is 2.74. The molecule has 1 aromatic carbocycles. The van der Waals surface area contributed by atoms with Gasteiger partial charge in [-0.05, 0) is 42.7 Å². The molecular weight excluding hydrogens is 402 g/mol. The van der Waals surface area contributed by atoms with Gasteiger partial charge in [0.15, 0.2) is 11.6 Å². The van der Waals surface area contributed by atoms with Gasteiger partial charge in [-0.2, -0.15) is 0 Å². The molecule has 0 aliphatic carbocycles. The van der Waals surface area contributed by atoms with Gasteiger partial charge in [0.05, 0.1) is 5.02 Å². The summed E-state index contributed by atoms with van der Waals surface area (Å²) in [7, 11) is 1.42. The molecule has 9 heteroatoms. The van der Waals surface area contributed by atoms with Crippen molar-refractivity contribution in [2.75, 3.05) is 25.0 Å². The number of nitrogens with one attached hydrogen (secondary N) is 2. The van der Waals surface area contributed by atoms with Crippen LogP contribution in [0.15, 0.2) is 36.5 Å². The van der Waals surface area contributed by atoms with Gasteiger partial charge in [-0.3, -0.25) is 9.59 Å². The van der Waals surface area contributed by atoms with Gasteiger partial charge in [-0.1, -0.05) is 17.7 Å². The Bertz CT molecular complexity index is 887. The number of carbonyl (C=O) groups is 2. The van der Waals surface area contributed by atoms with E-state index in [4.69, 9.17) is 11.6 Å². The first-order valence-corrected chi connectivity index (χ1v) is 9.60. The van der Waals surface area contributed by atoms with Crippen LogP contribution >= 0.6 is 11.6 Å². The van der Waals surface area contributed by atoms with Crippen molar-refractivity contribution in [3.05, 3.63) is 58.7 Å². The van der Waals surface area contributed by atoms with Gasteiger partial charge in [0, 0.05) is 32.3 Å². The standard InChI is InChI=1S/C20H21ClF2N4O2/c1-24-20(29)18(13-2-4-15(22)16(23)10-13)26-19(28)12-6-8-27(9-7-12)17-5-3-14(21)11-25-17/h2-5,10-12,18H,6-9H2,1H3,(H,24,29)(H,26,28). The largest absolute Gasteiger partial charge is 0.357 e. The monoisotopic (exact) mass is 422 g/mol. The van der Waals surface area contributed by atoms with Crippen LogP contribution < -0.4 is 15.5 Å². The van der Waals surface area contributed by atoms with Crippen LogP contribution in [0.4, 0.5) is 14.6 Å². The number of piperidine rings is 1. The van der Waals surface area contributed by atoms with E-state index in [0.717, 1.165) is 18.0 Å². The lowest BCUT2D eigenvalue weighted by molar-refractivity contribution is -0.131. The summed E-state index contributed by atoms with van der Waals surface area (Å²) in [5.74, 6) is -2.40. The van der Waals surface area contributed by atoms with Crippen molar-refractivity contribution in [2.24, 2.45) is 5.92 Å². The van der Waals surface area contributed by atoms with Gasteiger partial charge in [0.1, 0.15) is 11.9 Å². The minimum Gasteiger partial charge on any atom is -0.357 e. The van der Waals surface area contributed by atoms with E-state index in [1.165, 1.54) is 13.1 Å². The van der Waals surface area contributed by atoms with E-state index in [2.05, 4.69) is 20.5 Å². The van der Waals surface area contributed by atoms with Gasteiger partial charge >= 0.3 is 0 Å². The Kier molecular flexibility index (Phi) is 6.64. The second-order valence-corrected chi connectivity index (χ2v) is 7.26. The van der Waals surface area contributed by atoms with Crippen LogP contribution in [0.2, 0.25) is 5.02 Å². The molecule has 2 heterocycles. The van der Waals surface area contributed by atoms with Crippen LogP contribution in [0.5, 0.6) is 0 Å². The summed E-state index contributed by atoms with van der Waals surface area (Å²) >= 11 is 5.86. The summed E-state index contributed by atoms with van der Waals surface area (Å²) in [5, 5.41) is 5.67. The van der Waals surface area contributed by atoms with Gasteiger partial charge in [-0.25, -0.2) is 13.8 Å². The fraction of sp³-hybridized carbons (Fsp3) is 0.350. The van der Waals surface area contributed by atoms with Crippen LogP contribution in [0.1, 0.15) is 24.4 Å². The number of anilines is 1. The molecule has 1 aliphatic heterocycles. The Morgan fingerprint density at radius 3 is 2.48 bits per heavy atom. The fourth-order valence-corrected chi connectivity index (χ4v) is 3.43. The molecule has 2 N–H and O–H groups in total. The van der Waals surface area contributed by atoms with Crippen LogP contribution in [0.25, 0.3) is 0 Å². The maximum absolute atomic E-state index is 13.6. The molecule has 1 fully saturated rings.